The normalized spacial score (nSPS) is 24.9. The second-order valence-corrected chi connectivity index (χ2v) is 2.52. The van der Waals surface area contributed by atoms with Gasteiger partial charge in [-0.1, -0.05) is 18.2 Å². The molecule has 1 radical (unpaired) electrons. The minimum atomic E-state index is 0.259. The van der Waals surface area contributed by atoms with Crippen LogP contribution in [-0.4, -0.2) is 5.78 Å². The molecular weight excluding hydrogens is 124 g/mol. The fourth-order valence-electron chi connectivity index (χ4n) is 1.07. The molecule has 0 saturated carbocycles. The summed E-state index contributed by atoms with van der Waals surface area (Å²) >= 11 is 0. The van der Waals surface area contributed by atoms with Crippen LogP contribution < -0.4 is 0 Å². The Kier molecular flexibility index (Phi) is 2.43. The zero-order valence-electron chi connectivity index (χ0n) is 6.13. The lowest BCUT2D eigenvalue weighted by atomic mass is 10.1. The van der Waals surface area contributed by atoms with Crippen molar-refractivity contribution in [2.75, 3.05) is 0 Å². The molecule has 0 aromatic carbocycles. The standard InChI is InChI=1S/C9H11O/c1-2-3-4-8-5-6-9(10)7-8/h3,5-6,8H,4,7H2,1H3. The van der Waals surface area contributed by atoms with Gasteiger partial charge in [0.1, 0.15) is 0 Å². The molecule has 1 rings (SSSR count). The second kappa shape index (κ2) is 3.35. The van der Waals surface area contributed by atoms with Gasteiger partial charge in [0.2, 0.25) is 0 Å². The van der Waals surface area contributed by atoms with Crippen LogP contribution in [0.2, 0.25) is 0 Å². The van der Waals surface area contributed by atoms with Gasteiger partial charge in [-0.15, -0.1) is 0 Å². The van der Waals surface area contributed by atoms with E-state index in [1.54, 1.807) is 6.08 Å². The Balaban J connectivity index is 2.33. The lowest BCUT2D eigenvalue weighted by molar-refractivity contribution is -0.114. The summed E-state index contributed by atoms with van der Waals surface area (Å²) in [6, 6.07) is 0. The Labute approximate surface area is 61.4 Å². The van der Waals surface area contributed by atoms with Crippen LogP contribution in [0.1, 0.15) is 19.8 Å². The number of carbonyl (C=O) groups is 1. The van der Waals surface area contributed by atoms with Crippen LogP contribution in [0.25, 0.3) is 0 Å². The van der Waals surface area contributed by atoms with Crippen molar-refractivity contribution in [2.24, 2.45) is 5.92 Å². The first-order chi connectivity index (χ1) is 4.83. The zero-order valence-corrected chi connectivity index (χ0v) is 6.13. The fourth-order valence-corrected chi connectivity index (χ4v) is 1.07. The van der Waals surface area contributed by atoms with Gasteiger partial charge < -0.3 is 0 Å². The number of hydrogen-bond donors (Lipinski definition) is 0. The molecule has 0 spiro atoms. The molecule has 0 saturated heterocycles. The van der Waals surface area contributed by atoms with E-state index in [9.17, 15) is 4.79 Å². The minimum absolute atomic E-state index is 0.259. The van der Waals surface area contributed by atoms with E-state index in [2.05, 4.69) is 6.08 Å². The molecule has 1 aliphatic rings. The first-order valence-electron chi connectivity index (χ1n) is 3.53. The summed E-state index contributed by atoms with van der Waals surface area (Å²) in [4.78, 5) is 10.7. The minimum Gasteiger partial charge on any atom is -0.295 e. The monoisotopic (exact) mass is 135 g/mol. The molecule has 0 aliphatic heterocycles. The Hall–Kier alpha value is -0.850. The van der Waals surface area contributed by atoms with Crippen LogP contribution in [0.3, 0.4) is 0 Å². The molecule has 1 atom stereocenters. The van der Waals surface area contributed by atoms with Crippen LogP contribution in [0.4, 0.5) is 0 Å². The molecule has 1 aliphatic carbocycles. The fraction of sp³-hybridized carbons (Fsp3) is 0.444. The molecule has 0 heterocycles. The maximum Gasteiger partial charge on any atom is 0.155 e. The first-order valence-corrected chi connectivity index (χ1v) is 3.53. The predicted molar refractivity (Wildman–Crippen MR) is 40.4 cm³/mol. The third-order valence-electron chi connectivity index (χ3n) is 1.64. The smallest absolute Gasteiger partial charge is 0.155 e. The zero-order chi connectivity index (χ0) is 7.40. The molecule has 0 amide bonds. The van der Waals surface area contributed by atoms with E-state index in [-0.39, 0.29) is 5.78 Å². The van der Waals surface area contributed by atoms with E-state index in [0.29, 0.717) is 12.3 Å². The van der Waals surface area contributed by atoms with Gasteiger partial charge in [0.15, 0.2) is 5.78 Å². The highest BCUT2D eigenvalue weighted by molar-refractivity contribution is 5.92. The van der Waals surface area contributed by atoms with Crippen molar-refractivity contribution in [3.05, 3.63) is 24.3 Å². The van der Waals surface area contributed by atoms with Crippen LogP contribution in [0.5, 0.6) is 0 Å². The summed E-state index contributed by atoms with van der Waals surface area (Å²) in [6.45, 7) is 1.88. The Morgan fingerprint density at radius 1 is 1.90 bits per heavy atom. The summed E-state index contributed by atoms with van der Waals surface area (Å²) in [5, 5.41) is 0. The van der Waals surface area contributed by atoms with Crippen molar-refractivity contribution >= 4 is 5.78 Å². The number of ketones is 1. The number of hydrogen-bond acceptors (Lipinski definition) is 1. The third kappa shape index (κ3) is 1.83. The average molecular weight is 135 g/mol. The molecule has 1 heteroatoms. The van der Waals surface area contributed by atoms with Crippen molar-refractivity contribution in [1.82, 2.24) is 0 Å². The largest absolute Gasteiger partial charge is 0.295 e. The lowest BCUT2D eigenvalue weighted by Gasteiger charge is -1.98. The van der Waals surface area contributed by atoms with Gasteiger partial charge in [0.05, 0.1) is 0 Å². The molecular formula is C9H11O. The van der Waals surface area contributed by atoms with Crippen molar-refractivity contribution in [3.63, 3.8) is 0 Å². The Morgan fingerprint density at radius 3 is 3.20 bits per heavy atom. The number of carbonyl (C=O) groups excluding carboxylic acids is 1. The van der Waals surface area contributed by atoms with E-state index in [1.165, 1.54) is 0 Å². The molecule has 0 N–H and O–H groups in total. The molecule has 53 valence electrons. The van der Waals surface area contributed by atoms with E-state index in [4.69, 9.17) is 0 Å². The van der Waals surface area contributed by atoms with Crippen molar-refractivity contribution < 1.29 is 4.79 Å². The molecule has 1 nitrogen and oxygen atoms in total. The van der Waals surface area contributed by atoms with Crippen molar-refractivity contribution in [3.8, 4) is 0 Å². The van der Waals surface area contributed by atoms with Crippen molar-refractivity contribution in [2.45, 2.75) is 19.8 Å². The van der Waals surface area contributed by atoms with Gasteiger partial charge in [-0.05, 0) is 25.3 Å². The quantitative estimate of drug-likeness (QED) is 0.565. The maximum atomic E-state index is 10.7. The summed E-state index contributed by atoms with van der Waals surface area (Å²) in [7, 11) is 0. The summed E-state index contributed by atoms with van der Waals surface area (Å²) < 4.78 is 0. The van der Waals surface area contributed by atoms with Gasteiger partial charge in [0.25, 0.3) is 0 Å². The topological polar surface area (TPSA) is 17.1 Å². The summed E-state index contributed by atoms with van der Waals surface area (Å²) in [5.74, 6) is 0.703. The SMILES string of the molecule is C[C]=CCC1C=CC(=O)C1. The summed E-state index contributed by atoms with van der Waals surface area (Å²) in [6.07, 6.45) is 10.2. The second-order valence-electron chi connectivity index (χ2n) is 2.52. The molecule has 10 heavy (non-hydrogen) atoms. The maximum absolute atomic E-state index is 10.7. The van der Waals surface area contributed by atoms with E-state index < -0.39 is 0 Å². The van der Waals surface area contributed by atoms with E-state index >= 15 is 0 Å². The molecule has 1 unspecified atom stereocenters. The first kappa shape index (κ1) is 7.26. The number of rotatable bonds is 2. The molecule has 0 bridgehead atoms. The highest BCUT2D eigenvalue weighted by atomic mass is 16.1. The van der Waals surface area contributed by atoms with E-state index in [0.717, 1.165) is 6.42 Å². The van der Waals surface area contributed by atoms with Gasteiger partial charge in [-0.25, -0.2) is 0 Å². The highest BCUT2D eigenvalue weighted by Gasteiger charge is 2.13. The highest BCUT2D eigenvalue weighted by Crippen LogP contribution is 2.17. The van der Waals surface area contributed by atoms with Gasteiger partial charge >= 0.3 is 0 Å². The van der Waals surface area contributed by atoms with Gasteiger partial charge in [-0.3, -0.25) is 4.79 Å². The molecule has 0 fully saturated rings. The number of allylic oxidation sites excluding steroid dienone is 4. The molecule has 0 aromatic rings. The van der Waals surface area contributed by atoms with Crippen molar-refractivity contribution in [1.29, 1.82) is 0 Å². The van der Waals surface area contributed by atoms with Gasteiger partial charge in [-0.2, -0.15) is 0 Å². The predicted octanol–water partition coefficient (Wildman–Crippen LogP) is 1.90. The van der Waals surface area contributed by atoms with E-state index in [1.807, 2.05) is 19.1 Å². The van der Waals surface area contributed by atoms with Gasteiger partial charge in [0, 0.05) is 6.42 Å². The van der Waals surface area contributed by atoms with Crippen LogP contribution >= 0.6 is 0 Å². The average Bonchev–Trinajstić information content (AvgIpc) is 2.31. The van der Waals surface area contributed by atoms with Crippen LogP contribution in [-0.2, 0) is 4.79 Å². The Morgan fingerprint density at radius 2 is 2.70 bits per heavy atom. The molecule has 0 aromatic heterocycles. The van der Waals surface area contributed by atoms with Crippen LogP contribution in [0.15, 0.2) is 18.2 Å². The Bertz CT molecular complexity index is 177. The van der Waals surface area contributed by atoms with Crippen LogP contribution in [0, 0.1) is 12.0 Å². The third-order valence-corrected chi connectivity index (χ3v) is 1.64. The lowest BCUT2D eigenvalue weighted by Crippen LogP contribution is -1.93. The summed E-state index contributed by atoms with van der Waals surface area (Å²) in [5.41, 5.74) is 0.